The van der Waals surface area contributed by atoms with Gasteiger partial charge in [0.1, 0.15) is 35.0 Å². The molecule has 3 amide bonds. The summed E-state index contributed by atoms with van der Waals surface area (Å²) < 4.78 is 48.6. The number of hydrogen-bond donors (Lipinski definition) is 3. The number of fused-ring (bicyclic) bond motifs is 4. The van der Waals surface area contributed by atoms with Crippen LogP contribution in [0, 0.1) is 13.8 Å². The maximum atomic E-state index is 13.6. The van der Waals surface area contributed by atoms with Gasteiger partial charge in [0.15, 0.2) is 17.5 Å². The molecular formula is C40H42F2N12O6. The number of carbonyl (C=O) groups excluding carboxylic acids is 3. The smallest absolute Gasteiger partial charge is 0.345 e. The third kappa shape index (κ3) is 7.95. The molecule has 6 aromatic heterocycles. The Morgan fingerprint density at radius 1 is 0.883 bits per heavy atom. The van der Waals surface area contributed by atoms with Gasteiger partial charge in [0, 0.05) is 60.2 Å². The molecule has 0 saturated heterocycles. The molecule has 0 aliphatic rings. The van der Waals surface area contributed by atoms with E-state index in [2.05, 4.69) is 30.2 Å². The van der Waals surface area contributed by atoms with Crippen LogP contribution in [0.15, 0.2) is 54.7 Å². The number of pyridine rings is 1. The van der Waals surface area contributed by atoms with Crippen molar-refractivity contribution in [2.45, 2.75) is 60.4 Å². The summed E-state index contributed by atoms with van der Waals surface area (Å²) in [6.45, 7) is 5.03. The standard InChI is InChI=1S/C40H42F2N12O6/c1-6-52-28(14-21(3)49-52)36-45-20-26-25-16-23(34(43)55)17-30(59-12-13-60-40(41)42)33(25)51(38(26)47-36)11-9-8-10-27-37(48-39(57)29-15-22(4)50-53(29)7-2)46-31-18-24(35(44)56)19-32(58-5)54(27)31/h8-9,14-20,40H,6-7,10-13H2,1-5H3,(H2,43,55)(H2,44,56)(H,48,57)/b9-8+. The summed E-state index contributed by atoms with van der Waals surface area (Å²) in [5, 5.41) is 13.0. The first-order chi connectivity index (χ1) is 28.8. The Hall–Kier alpha value is -7.22. The molecule has 1 aromatic carbocycles. The van der Waals surface area contributed by atoms with Crippen molar-refractivity contribution in [3.63, 3.8) is 0 Å². The van der Waals surface area contributed by atoms with Crippen molar-refractivity contribution in [1.29, 1.82) is 0 Å². The first-order valence-electron chi connectivity index (χ1n) is 18.9. The zero-order valence-corrected chi connectivity index (χ0v) is 33.4. The number of hydrogen-bond acceptors (Lipinski definition) is 11. The van der Waals surface area contributed by atoms with Gasteiger partial charge in [0.25, 0.3) is 5.91 Å². The third-order valence-electron chi connectivity index (χ3n) is 9.67. The van der Waals surface area contributed by atoms with Crippen molar-refractivity contribution < 1.29 is 37.4 Å². The van der Waals surface area contributed by atoms with E-state index in [4.69, 9.17) is 25.9 Å². The molecule has 0 unspecified atom stereocenters. The zero-order valence-electron chi connectivity index (χ0n) is 33.4. The second-order valence-electron chi connectivity index (χ2n) is 13.6. The molecule has 7 rings (SSSR count). The summed E-state index contributed by atoms with van der Waals surface area (Å²) in [6.07, 6.45) is 5.55. The van der Waals surface area contributed by atoms with E-state index in [1.54, 1.807) is 39.0 Å². The number of anilines is 1. The van der Waals surface area contributed by atoms with Gasteiger partial charge in [-0.2, -0.15) is 19.0 Å². The van der Waals surface area contributed by atoms with Crippen LogP contribution < -0.4 is 26.3 Å². The van der Waals surface area contributed by atoms with Gasteiger partial charge in [0.05, 0.1) is 36.3 Å². The number of methoxy groups -OCH3 is 1. The van der Waals surface area contributed by atoms with Crippen LogP contribution in [0.1, 0.15) is 62.1 Å². The summed E-state index contributed by atoms with van der Waals surface area (Å²) in [5.74, 6) is -0.809. The molecule has 60 heavy (non-hydrogen) atoms. The summed E-state index contributed by atoms with van der Waals surface area (Å²) in [6, 6.07) is 9.60. The van der Waals surface area contributed by atoms with Crippen LogP contribution in [0.2, 0.25) is 0 Å². The average Bonchev–Trinajstić information content (AvgIpc) is 3.98. The van der Waals surface area contributed by atoms with Gasteiger partial charge in [-0.3, -0.25) is 28.1 Å². The minimum Gasteiger partial charge on any atom is -0.489 e. The van der Waals surface area contributed by atoms with Crippen LogP contribution in [-0.4, -0.2) is 88.1 Å². The lowest BCUT2D eigenvalue weighted by Crippen LogP contribution is -2.18. The van der Waals surface area contributed by atoms with Crippen molar-refractivity contribution >= 4 is 51.1 Å². The van der Waals surface area contributed by atoms with Gasteiger partial charge in [-0.15, -0.1) is 0 Å². The lowest BCUT2D eigenvalue weighted by molar-refractivity contribution is -0.133. The highest BCUT2D eigenvalue weighted by atomic mass is 19.3. The van der Waals surface area contributed by atoms with E-state index in [1.807, 2.05) is 43.6 Å². The monoisotopic (exact) mass is 824 g/mol. The molecule has 0 bridgehead atoms. The summed E-state index contributed by atoms with van der Waals surface area (Å²) in [7, 11) is 1.44. The summed E-state index contributed by atoms with van der Waals surface area (Å²) in [4.78, 5) is 52.7. The van der Waals surface area contributed by atoms with Crippen LogP contribution >= 0.6 is 0 Å². The first-order valence-corrected chi connectivity index (χ1v) is 18.9. The van der Waals surface area contributed by atoms with E-state index < -0.39 is 30.9 Å². The normalized spacial score (nSPS) is 11.8. The molecule has 0 spiro atoms. The van der Waals surface area contributed by atoms with E-state index in [0.29, 0.717) is 69.3 Å². The summed E-state index contributed by atoms with van der Waals surface area (Å²) in [5.41, 5.74) is 15.9. The molecule has 312 valence electrons. The highest BCUT2D eigenvalue weighted by molar-refractivity contribution is 6.12. The number of alkyl halides is 2. The Morgan fingerprint density at radius 3 is 2.30 bits per heavy atom. The number of aromatic nitrogens is 9. The van der Waals surface area contributed by atoms with Crippen molar-refractivity contribution in [2.24, 2.45) is 11.5 Å². The molecule has 18 nitrogen and oxygen atoms in total. The fourth-order valence-electron chi connectivity index (χ4n) is 7.07. The number of nitrogens with zero attached hydrogens (tertiary/aromatic N) is 9. The molecule has 0 aliphatic carbocycles. The van der Waals surface area contributed by atoms with E-state index >= 15 is 0 Å². The molecule has 5 N–H and O–H groups in total. The number of halogens is 2. The average molecular weight is 825 g/mol. The van der Waals surface area contributed by atoms with Gasteiger partial charge in [-0.05, 0) is 58.0 Å². The number of allylic oxidation sites excluding steroid dienone is 2. The Kier molecular flexibility index (Phi) is 11.6. The number of amides is 3. The van der Waals surface area contributed by atoms with Crippen molar-refractivity contribution in [3.8, 4) is 23.1 Å². The van der Waals surface area contributed by atoms with Crippen LogP contribution in [0.5, 0.6) is 11.6 Å². The molecule has 7 aromatic rings. The predicted octanol–water partition coefficient (Wildman–Crippen LogP) is 4.82. The fourth-order valence-corrected chi connectivity index (χ4v) is 7.07. The molecule has 0 radical (unpaired) electrons. The number of nitrogens with one attached hydrogen (secondary N) is 1. The maximum Gasteiger partial charge on any atom is 0.345 e. The fraction of sp³-hybridized carbons (Fsp3) is 0.300. The highest BCUT2D eigenvalue weighted by Gasteiger charge is 2.23. The van der Waals surface area contributed by atoms with Crippen molar-refractivity contribution in [3.05, 3.63) is 88.6 Å². The van der Waals surface area contributed by atoms with Gasteiger partial charge in [0.2, 0.25) is 11.8 Å². The number of primary amides is 2. The minimum absolute atomic E-state index is 0.124. The number of benzene rings is 1. The second-order valence-corrected chi connectivity index (χ2v) is 13.6. The van der Waals surface area contributed by atoms with Crippen LogP contribution in [0.4, 0.5) is 14.6 Å². The predicted molar refractivity (Wildman–Crippen MR) is 216 cm³/mol. The lowest BCUT2D eigenvalue weighted by atomic mass is 10.1. The second kappa shape index (κ2) is 16.9. The molecule has 6 heterocycles. The molecular weight excluding hydrogens is 783 g/mol. The van der Waals surface area contributed by atoms with Crippen LogP contribution in [0.3, 0.4) is 0 Å². The Morgan fingerprint density at radius 2 is 1.60 bits per heavy atom. The minimum atomic E-state index is -2.99. The van der Waals surface area contributed by atoms with Gasteiger partial charge < -0.3 is 35.6 Å². The van der Waals surface area contributed by atoms with E-state index in [9.17, 15) is 23.2 Å². The Balaban J connectivity index is 1.33. The number of rotatable bonds is 17. The number of carbonyl (C=O) groups is 3. The summed E-state index contributed by atoms with van der Waals surface area (Å²) >= 11 is 0. The molecule has 0 atom stereocenters. The van der Waals surface area contributed by atoms with E-state index in [0.717, 1.165) is 5.69 Å². The number of nitrogens with two attached hydrogens (primary N) is 2. The quantitative estimate of drug-likeness (QED) is 0.0833. The van der Waals surface area contributed by atoms with Crippen molar-refractivity contribution in [1.82, 2.24) is 43.5 Å². The molecule has 20 heteroatoms. The Bertz CT molecular complexity index is 2820. The highest BCUT2D eigenvalue weighted by Crippen LogP contribution is 2.37. The number of imidazole rings is 1. The number of aryl methyl sites for hydroxylation is 4. The molecule has 0 aliphatic heterocycles. The SMILES string of the molecule is CCn1nc(C)cc1C(=O)Nc1nc2cc(C(N)=O)cc(OC)n2c1C/C=C/Cn1c2nc(-c3cc(C)nn3CC)ncc2c2cc(C(N)=O)cc(OCCOC(F)F)c21. The Labute approximate surface area is 340 Å². The first kappa shape index (κ1) is 41.0. The van der Waals surface area contributed by atoms with Gasteiger partial charge in [-0.25, -0.2) is 15.0 Å². The van der Waals surface area contributed by atoms with Crippen molar-refractivity contribution in [2.75, 3.05) is 25.6 Å². The molecule has 0 saturated carbocycles. The largest absolute Gasteiger partial charge is 0.489 e. The van der Waals surface area contributed by atoms with E-state index in [1.165, 1.54) is 25.3 Å². The lowest BCUT2D eigenvalue weighted by Gasteiger charge is -2.12. The third-order valence-corrected chi connectivity index (χ3v) is 9.67. The topological polar surface area (TPSA) is 227 Å². The van der Waals surface area contributed by atoms with Gasteiger partial charge >= 0.3 is 6.61 Å². The van der Waals surface area contributed by atoms with E-state index in [-0.39, 0.29) is 48.1 Å². The molecule has 0 fully saturated rings. The number of ether oxygens (including phenoxy) is 3. The van der Waals surface area contributed by atoms with Crippen LogP contribution in [-0.2, 0) is 30.8 Å². The maximum absolute atomic E-state index is 13.6. The zero-order chi connectivity index (χ0) is 42.8. The van der Waals surface area contributed by atoms with Gasteiger partial charge in [-0.1, -0.05) is 12.2 Å². The van der Waals surface area contributed by atoms with Crippen LogP contribution in [0.25, 0.3) is 39.1 Å².